The molecule has 0 aliphatic rings. The second-order valence-corrected chi connectivity index (χ2v) is 7.05. The molecule has 1 N–H and O–H groups in total. The summed E-state index contributed by atoms with van der Waals surface area (Å²) in [5, 5.41) is 20.2. The third kappa shape index (κ3) is 3.58. The molecule has 0 fully saturated rings. The van der Waals surface area contributed by atoms with E-state index in [4.69, 9.17) is 0 Å². The number of hydrogen-bond acceptors (Lipinski definition) is 6. The maximum Gasteiger partial charge on any atom is 0.279 e. The van der Waals surface area contributed by atoms with Crippen molar-refractivity contribution in [2.75, 3.05) is 5.32 Å². The predicted molar refractivity (Wildman–Crippen MR) is 97.4 cm³/mol. The molecule has 25 heavy (non-hydrogen) atoms. The van der Waals surface area contributed by atoms with Crippen LogP contribution in [0.4, 0.5) is 5.13 Å². The summed E-state index contributed by atoms with van der Waals surface area (Å²) in [7, 11) is 0. The van der Waals surface area contributed by atoms with Gasteiger partial charge >= 0.3 is 0 Å². The molecule has 0 saturated heterocycles. The summed E-state index contributed by atoms with van der Waals surface area (Å²) in [5.41, 5.74) is 3.08. The second kappa shape index (κ2) is 7.10. The lowest BCUT2D eigenvalue weighted by Crippen LogP contribution is -2.14. The van der Waals surface area contributed by atoms with Crippen LogP contribution < -0.4 is 5.32 Å². The summed E-state index contributed by atoms with van der Waals surface area (Å²) < 4.78 is 1.66. The zero-order valence-electron chi connectivity index (χ0n) is 14.6. The fourth-order valence-electron chi connectivity index (χ4n) is 2.39. The number of carbonyl (C=O) groups is 1. The van der Waals surface area contributed by atoms with Crippen LogP contribution in [-0.2, 0) is 6.42 Å². The monoisotopic (exact) mass is 356 g/mol. The van der Waals surface area contributed by atoms with E-state index in [2.05, 4.69) is 51.8 Å². The molecular weight excluding hydrogens is 336 g/mol. The number of nitrogens with one attached hydrogen (secondary N) is 1. The van der Waals surface area contributed by atoms with E-state index >= 15 is 0 Å². The first-order chi connectivity index (χ1) is 12.0. The summed E-state index contributed by atoms with van der Waals surface area (Å²) in [6.07, 6.45) is 0.787. The van der Waals surface area contributed by atoms with E-state index in [0.29, 0.717) is 16.7 Å². The van der Waals surface area contributed by atoms with E-state index < -0.39 is 0 Å². The second-order valence-electron chi connectivity index (χ2n) is 5.99. The molecule has 2 heterocycles. The van der Waals surface area contributed by atoms with Gasteiger partial charge in [-0.2, -0.15) is 0 Å². The van der Waals surface area contributed by atoms with E-state index in [1.54, 1.807) is 4.68 Å². The van der Waals surface area contributed by atoms with Gasteiger partial charge in [-0.05, 0) is 37.0 Å². The Balaban J connectivity index is 1.81. The number of aromatic nitrogens is 5. The average Bonchev–Trinajstić information content (AvgIpc) is 3.21. The first kappa shape index (κ1) is 17.2. The molecular formula is C17H20N6OS. The van der Waals surface area contributed by atoms with E-state index in [1.165, 1.54) is 16.9 Å². The molecule has 7 nitrogen and oxygen atoms in total. The first-order valence-corrected chi connectivity index (χ1v) is 8.97. The molecule has 0 atom stereocenters. The molecule has 0 aliphatic carbocycles. The lowest BCUT2D eigenvalue weighted by Gasteiger charge is -2.07. The minimum absolute atomic E-state index is 0.279. The standard InChI is InChI=1S/C17H20N6OS/c1-5-14-19-21-17(25-14)18-16(24)15-11(4)23(22-20-15)13-8-6-12(7-9-13)10(2)3/h6-10H,5H2,1-4H3,(H,18,21,24). The number of amides is 1. The Morgan fingerprint density at radius 3 is 2.52 bits per heavy atom. The maximum absolute atomic E-state index is 12.4. The van der Waals surface area contributed by atoms with Crippen LogP contribution in [0.2, 0.25) is 0 Å². The van der Waals surface area contributed by atoms with Gasteiger partial charge in [-0.25, -0.2) is 4.68 Å². The van der Waals surface area contributed by atoms with Gasteiger partial charge in [0, 0.05) is 0 Å². The van der Waals surface area contributed by atoms with Crippen LogP contribution in [-0.4, -0.2) is 31.1 Å². The Hall–Kier alpha value is -2.61. The van der Waals surface area contributed by atoms with Crippen molar-refractivity contribution in [1.82, 2.24) is 25.2 Å². The zero-order valence-corrected chi connectivity index (χ0v) is 15.5. The fraction of sp³-hybridized carbons (Fsp3) is 0.353. The normalized spacial score (nSPS) is 11.1. The van der Waals surface area contributed by atoms with E-state index in [-0.39, 0.29) is 11.6 Å². The number of aryl methyl sites for hydroxylation is 1. The first-order valence-electron chi connectivity index (χ1n) is 8.16. The van der Waals surface area contributed by atoms with Crippen molar-refractivity contribution >= 4 is 22.4 Å². The van der Waals surface area contributed by atoms with Crippen molar-refractivity contribution in [2.45, 2.75) is 40.0 Å². The molecule has 0 unspecified atom stereocenters. The smallest absolute Gasteiger partial charge is 0.279 e. The minimum Gasteiger partial charge on any atom is -0.295 e. The van der Waals surface area contributed by atoms with Crippen LogP contribution >= 0.6 is 11.3 Å². The van der Waals surface area contributed by atoms with Gasteiger partial charge < -0.3 is 0 Å². The van der Waals surface area contributed by atoms with Gasteiger partial charge in [-0.15, -0.1) is 15.3 Å². The average molecular weight is 356 g/mol. The third-order valence-electron chi connectivity index (χ3n) is 3.90. The molecule has 2 aromatic heterocycles. The molecule has 1 aromatic carbocycles. The highest BCUT2D eigenvalue weighted by molar-refractivity contribution is 7.15. The maximum atomic E-state index is 12.4. The number of rotatable bonds is 5. The van der Waals surface area contributed by atoms with Gasteiger partial charge in [-0.1, -0.05) is 49.5 Å². The number of nitrogens with zero attached hydrogens (tertiary/aromatic N) is 5. The van der Waals surface area contributed by atoms with E-state index in [0.717, 1.165) is 17.1 Å². The Labute approximate surface area is 150 Å². The molecule has 0 saturated carbocycles. The molecule has 0 bridgehead atoms. The highest BCUT2D eigenvalue weighted by Crippen LogP contribution is 2.20. The van der Waals surface area contributed by atoms with Crippen LogP contribution in [0.25, 0.3) is 5.69 Å². The summed E-state index contributed by atoms with van der Waals surface area (Å²) in [6.45, 7) is 8.11. The predicted octanol–water partition coefficient (Wildman–Crippen LogP) is 3.37. The number of carbonyl (C=O) groups excluding carboxylic acids is 1. The van der Waals surface area contributed by atoms with Gasteiger partial charge in [0.15, 0.2) is 5.69 Å². The molecule has 1 amide bonds. The number of benzene rings is 1. The number of hydrogen-bond donors (Lipinski definition) is 1. The van der Waals surface area contributed by atoms with Gasteiger partial charge in [0.25, 0.3) is 5.91 Å². The molecule has 0 radical (unpaired) electrons. The molecule has 8 heteroatoms. The van der Waals surface area contributed by atoms with Crippen molar-refractivity contribution in [1.29, 1.82) is 0 Å². The Morgan fingerprint density at radius 2 is 1.92 bits per heavy atom. The van der Waals surface area contributed by atoms with E-state index in [1.807, 2.05) is 26.0 Å². The van der Waals surface area contributed by atoms with Crippen molar-refractivity contribution in [3.63, 3.8) is 0 Å². The molecule has 0 spiro atoms. The lowest BCUT2D eigenvalue weighted by molar-refractivity contribution is 0.102. The molecule has 3 rings (SSSR count). The Kier molecular flexibility index (Phi) is 4.89. The summed E-state index contributed by atoms with van der Waals surface area (Å²) in [5.74, 6) is 0.133. The molecule has 130 valence electrons. The largest absolute Gasteiger partial charge is 0.295 e. The Morgan fingerprint density at radius 1 is 1.20 bits per heavy atom. The quantitative estimate of drug-likeness (QED) is 0.757. The fourth-order valence-corrected chi connectivity index (χ4v) is 3.06. The lowest BCUT2D eigenvalue weighted by atomic mass is 10.0. The van der Waals surface area contributed by atoms with Gasteiger partial charge in [-0.3, -0.25) is 10.1 Å². The summed E-state index contributed by atoms with van der Waals surface area (Å²) in [6, 6.07) is 8.09. The number of anilines is 1. The van der Waals surface area contributed by atoms with Gasteiger partial charge in [0.1, 0.15) is 5.01 Å². The highest BCUT2D eigenvalue weighted by atomic mass is 32.1. The Bertz CT molecular complexity index is 881. The van der Waals surface area contributed by atoms with Crippen LogP contribution in [0.15, 0.2) is 24.3 Å². The SMILES string of the molecule is CCc1nnc(NC(=O)c2nnn(-c3ccc(C(C)C)cc3)c2C)s1. The topological polar surface area (TPSA) is 85.6 Å². The highest BCUT2D eigenvalue weighted by Gasteiger charge is 2.19. The van der Waals surface area contributed by atoms with Crippen molar-refractivity contribution in [2.24, 2.45) is 0 Å². The van der Waals surface area contributed by atoms with Gasteiger partial charge in [0.2, 0.25) is 5.13 Å². The van der Waals surface area contributed by atoms with Crippen molar-refractivity contribution in [3.05, 3.63) is 46.2 Å². The van der Waals surface area contributed by atoms with Crippen LogP contribution in [0.3, 0.4) is 0 Å². The third-order valence-corrected chi connectivity index (χ3v) is 4.89. The molecule has 0 aliphatic heterocycles. The van der Waals surface area contributed by atoms with Crippen molar-refractivity contribution < 1.29 is 4.79 Å². The van der Waals surface area contributed by atoms with Crippen LogP contribution in [0, 0.1) is 6.92 Å². The summed E-state index contributed by atoms with van der Waals surface area (Å²) in [4.78, 5) is 12.4. The van der Waals surface area contributed by atoms with Crippen LogP contribution in [0.5, 0.6) is 0 Å². The minimum atomic E-state index is -0.332. The van der Waals surface area contributed by atoms with E-state index in [9.17, 15) is 4.79 Å². The molecule has 3 aromatic rings. The van der Waals surface area contributed by atoms with Crippen molar-refractivity contribution in [3.8, 4) is 5.69 Å². The zero-order chi connectivity index (χ0) is 18.0. The van der Waals surface area contributed by atoms with Crippen LogP contribution in [0.1, 0.15) is 53.4 Å². The van der Waals surface area contributed by atoms with Gasteiger partial charge in [0.05, 0.1) is 11.4 Å². The summed E-state index contributed by atoms with van der Waals surface area (Å²) >= 11 is 1.36.